The fourth-order valence-corrected chi connectivity index (χ4v) is 2.77. The summed E-state index contributed by atoms with van der Waals surface area (Å²) in [6, 6.07) is 12.9. The zero-order valence-electron chi connectivity index (χ0n) is 14.6. The van der Waals surface area contributed by atoms with E-state index in [1.54, 1.807) is 12.1 Å². The summed E-state index contributed by atoms with van der Waals surface area (Å²) in [7, 11) is 0. The molecule has 0 saturated carbocycles. The van der Waals surface area contributed by atoms with Crippen molar-refractivity contribution in [1.29, 1.82) is 0 Å². The fraction of sp³-hybridized carbons (Fsp3) is 0.111. The third-order valence-electron chi connectivity index (χ3n) is 4.31. The van der Waals surface area contributed by atoms with Crippen LogP contribution in [-0.2, 0) is 0 Å². The Balaban J connectivity index is 1.85. The maximum absolute atomic E-state index is 11.8. The highest BCUT2D eigenvalue weighted by Gasteiger charge is 2.26. The lowest BCUT2D eigenvalue weighted by atomic mass is 10.1. The van der Waals surface area contributed by atoms with Crippen molar-refractivity contribution in [3.05, 3.63) is 70.0 Å². The van der Waals surface area contributed by atoms with Crippen molar-refractivity contribution in [2.45, 2.75) is 13.8 Å². The molecule has 0 aliphatic carbocycles. The van der Waals surface area contributed by atoms with Crippen LogP contribution in [0.15, 0.2) is 48.8 Å². The molecular formula is C18H15N7O2. The van der Waals surface area contributed by atoms with E-state index in [0.717, 1.165) is 11.1 Å². The second kappa shape index (κ2) is 6.45. The van der Waals surface area contributed by atoms with E-state index in [9.17, 15) is 10.1 Å². The van der Waals surface area contributed by atoms with E-state index >= 15 is 0 Å². The Bertz CT molecular complexity index is 1170. The van der Waals surface area contributed by atoms with Crippen LogP contribution in [0.3, 0.4) is 0 Å². The smallest absolute Gasteiger partial charge is 0.334 e. The highest BCUT2D eigenvalue weighted by molar-refractivity contribution is 5.78. The van der Waals surface area contributed by atoms with Gasteiger partial charge in [0, 0.05) is 5.69 Å². The maximum Gasteiger partial charge on any atom is 0.356 e. The fourth-order valence-electron chi connectivity index (χ4n) is 2.77. The zero-order chi connectivity index (χ0) is 19.0. The van der Waals surface area contributed by atoms with Crippen molar-refractivity contribution in [1.82, 2.24) is 25.0 Å². The van der Waals surface area contributed by atoms with Gasteiger partial charge in [0.25, 0.3) is 0 Å². The number of aromatic nitrogens is 5. The third-order valence-corrected chi connectivity index (χ3v) is 4.31. The van der Waals surface area contributed by atoms with Gasteiger partial charge in [-0.3, -0.25) is 10.1 Å². The average molecular weight is 361 g/mol. The molecule has 0 saturated heterocycles. The second-order valence-corrected chi connectivity index (χ2v) is 6.07. The molecule has 27 heavy (non-hydrogen) atoms. The molecule has 0 unspecified atom stereocenters. The first-order valence-corrected chi connectivity index (χ1v) is 8.19. The lowest BCUT2D eigenvalue weighted by Gasteiger charge is -2.10. The molecule has 0 fully saturated rings. The van der Waals surface area contributed by atoms with Gasteiger partial charge in [-0.05, 0) is 49.2 Å². The summed E-state index contributed by atoms with van der Waals surface area (Å²) in [5, 5.41) is 22.9. The number of nitrogens with one attached hydrogen (secondary N) is 1. The standard InChI is InChI=1S/C18H15N7O2/c1-11-7-8-13(9-12(11)2)21-17-16(25(26)27)18(20-10-19-17)24-15-6-4-3-5-14(15)22-23-24/h3-10H,1-2H3,(H,19,20,21). The highest BCUT2D eigenvalue weighted by atomic mass is 16.6. The van der Waals surface area contributed by atoms with E-state index in [1.165, 1.54) is 11.0 Å². The predicted molar refractivity (Wildman–Crippen MR) is 100 cm³/mol. The lowest BCUT2D eigenvalue weighted by Crippen LogP contribution is -2.09. The Morgan fingerprint density at radius 1 is 1.07 bits per heavy atom. The van der Waals surface area contributed by atoms with Gasteiger partial charge in [-0.15, -0.1) is 5.10 Å². The van der Waals surface area contributed by atoms with Gasteiger partial charge in [0.2, 0.25) is 11.6 Å². The van der Waals surface area contributed by atoms with Crippen molar-refractivity contribution in [2.24, 2.45) is 0 Å². The van der Waals surface area contributed by atoms with Crippen molar-refractivity contribution in [3.63, 3.8) is 0 Å². The van der Waals surface area contributed by atoms with Gasteiger partial charge >= 0.3 is 5.69 Å². The molecule has 4 rings (SSSR count). The van der Waals surface area contributed by atoms with E-state index in [4.69, 9.17) is 0 Å². The quantitative estimate of drug-likeness (QED) is 0.437. The van der Waals surface area contributed by atoms with Gasteiger partial charge in [0.1, 0.15) is 11.8 Å². The molecule has 0 spiro atoms. The van der Waals surface area contributed by atoms with Gasteiger partial charge in [-0.2, -0.15) is 4.68 Å². The second-order valence-electron chi connectivity index (χ2n) is 6.07. The van der Waals surface area contributed by atoms with Crippen LogP contribution >= 0.6 is 0 Å². The average Bonchev–Trinajstić information content (AvgIpc) is 3.08. The molecule has 2 heterocycles. The van der Waals surface area contributed by atoms with Crippen molar-refractivity contribution >= 4 is 28.2 Å². The molecule has 9 heteroatoms. The van der Waals surface area contributed by atoms with Crippen LogP contribution in [-0.4, -0.2) is 29.9 Å². The summed E-state index contributed by atoms with van der Waals surface area (Å²) in [5.41, 5.74) is 3.87. The monoisotopic (exact) mass is 361 g/mol. The van der Waals surface area contributed by atoms with Crippen LogP contribution < -0.4 is 5.32 Å². The summed E-state index contributed by atoms with van der Waals surface area (Å²) >= 11 is 0. The van der Waals surface area contributed by atoms with Gasteiger partial charge in [-0.25, -0.2) is 9.97 Å². The molecule has 2 aromatic heterocycles. The Morgan fingerprint density at radius 3 is 2.67 bits per heavy atom. The van der Waals surface area contributed by atoms with Crippen molar-refractivity contribution in [3.8, 4) is 5.82 Å². The molecule has 134 valence electrons. The van der Waals surface area contributed by atoms with Crippen LogP contribution in [0.4, 0.5) is 17.2 Å². The molecule has 0 amide bonds. The van der Waals surface area contributed by atoms with E-state index in [2.05, 4.69) is 25.6 Å². The number of rotatable bonds is 4. The topological polar surface area (TPSA) is 112 Å². The maximum atomic E-state index is 11.8. The first-order valence-electron chi connectivity index (χ1n) is 8.19. The molecule has 0 atom stereocenters. The first kappa shape index (κ1) is 16.6. The van der Waals surface area contributed by atoms with E-state index in [-0.39, 0.29) is 17.3 Å². The molecule has 0 bridgehead atoms. The number of hydrogen-bond acceptors (Lipinski definition) is 7. The first-order chi connectivity index (χ1) is 13.0. The zero-order valence-corrected chi connectivity index (χ0v) is 14.6. The minimum atomic E-state index is -0.519. The SMILES string of the molecule is Cc1ccc(Nc2ncnc(-n3nnc4ccccc43)c2[N+](=O)[O-])cc1C. The summed E-state index contributed by atoms with van der Waals surface area (Å²) < 4.78 is 1.35. The Labute approximate surface area is 153 Å². The summed E-state index contributed by atoms with van der Waals surface area (Å²) in [6.07, 6.45) is 1.27. The number of anilines is 2. The van der Waals surface area contributed by atoms with Crippen molar-refractivity contribution in [2.75, 3.05) is 5.32 Å². The minimum Gasteiger partial charge on any atom is -0.334 e. The molecule has 1 N–H and O–H groups in total. The molecule has 9 nitrogen and oxygen atoms in total. The highest BCUT2D eigenvalue weighted by Crippen LogP contribution is 2.31. The number of fused-ring (bicyclic) bond motifs is 1. The number of nitrogens with zero attached hydrogens (tertiary/aromatic N) is 6. The Kier molecular flexibility index (Phi) is 3.96. The van der Waals surface area contributed by atoms with Crippen LogP contribution in [0.2, 0.25) is 0 Å². The van der Waals surface area contributed by atoms with Gasteiger partial charge in [-0.1, -0.05) is 23.4 Å². The number of hydrogen-bond donors (Lipinski definition) is 1. The van der Waals surface area contributed by atoms with Crippen molar-refractivity contribution < 1.29 is 4.92 Å². The van der Waals surface area contributed by atoms with E-state index in [0.29, 0.717) is 16.7 Å². The largest absolute Gasteiger partial charge is 0.356 e. The predicted octanol–water partition coefficient (Wildman–Crippen LogP) is 3.48. The Morgan fingerprint density at radius 2 is 1.89 bits per heavy atom. The minimum absolute atomic E-state index is 0.0510. The van der Waals surface area contributed by atoms with Gasteiger partial charge < -0.3 is 5.32 Å². The third kappa shape index (κ3) is 2.95. The summed E-state index contributed by atoms with van der Waals surface area (Å²) in [4.78, 5) is 19.5. The van der Waals surface area contributed by atoms with Crippen LogP contribution in [0.1, 0.15) is 11.1 Å². The van der Waals surface area contributed by atoms with Crippen LogP contribution in [0.5, 0.6) is 0 Å². The molecular weight excluding hydrogens is 346 g/mol. The van der Waals surface area contributed by atoms with Crippen LogP contribution in [0, 0.1) is 24.0 Å². The number of nitro groups is 1. The Hall–Kier alpha value is -3.88. The molecule has 0 radical (unpaired) electrons. The summed E-state index contributed by atoms with van der Waals surface area (Å²) in [5.74, 6) is 0.142. The summed E-state index contributed by atoms with van der Waals surface area (Å²) in [6.45, 7) is 3.97. The molecule has 0 aliphatic rings. The molecule has 4 aromatic rings. The van der Waals surface area contributed by atoms with E-state index < -0.39 is 4.92 Å². The number of para-hydroxylation sites is 1. The van der Waals surface area contributed by atoms with Gasteiger partial charge in [0.15, 0.2) is 0 Å². The van der Waals surface area contributed by atoms with Gasteiger partial charge in [0.05, 0.1) is 10.4 Å². The molecule has 2 aromatic carbocycles. The van der Waals surface area contributed by atoms with E-state index in [1.807, 2.05) is 44.2 Å². The van der Waals surface area contributed by atoms with Crippen LogP contribution in [0.25, 0.3) is 16.9 Å². The normalized spacial score (nSPS) is 10.9. The number of benzene rings is 2. The molecule has 0 aliphatic heterocycles. The number of aryl methyl sites for hydroxylation is 2. The lowest BCUT2D eigenvalue weighted by molar-refractivity contribution is -0.384.